The number of carbonyl (C=O) groups excluding carboxylic acids is 1. The van der Waals surface area contributed by atoms with E-state index in [1.165, 1.54) is 9.13 Å². The summed E-state index contributed by atoms with van der Waals surface area (Å²) >= 11 is 0. The molecule has 0 saturated carbocycles. The summed E-state index contributed by atoms with van der Waals surface area (Å²) in [4.78, 5) is 39.8. The summed E-state index contributed by atoms with van der Waals surface area (Å²) in [7, 11) is 3.13. The minimum absolute atomic E-state index is 0.313. The third kappa shape index (κ3) is 4.05. The molecule has 1 N–H and O–H groups in total. The second-order valence-corrected chi connectivity index (χ2v) is 7.14. The molecule has 31 heavy (non-hydrogen) atoms. The molecule has 164 valence electrons. The lowest BCUT2D eigenvalue weighted by molar-refractivity contribution is 0.102. The van der Waals surface area contributed by atoms with E-state index >= 15 is 0 Å². The Morgan fingerprint density at radius 3 is 2.13 bits per heavy atom. The van der Waals surface area contributed by atoms with Crippen LogP contribution in [0.1, 0.15) is 31.1 Å². The van der Waals surface area contributed by atoms with E-state index in [9.17, 15) is 14.4 Å². The maximum absolute atomic E-state index is 13.1. The summed E-state index contributed by atoms with van der Waals surface area (Å²) < 4.78 is 8.26. The van der Waals surface area contributed by atoms with Crippen LogP contribution in [0, 0.1) is 0 Å². The van der Waals surface area contributed by atoms with Crippen LogP contribution in [-0.4, -0.2) is 34.7 Å². The van der Waals surface area contributed by atoms with Crippen LogP contribution in [-0.2, 0) is 14.1 Å². The third-order valence-corrected chi connectivity index (χ3v) is 5.39. The Kier molecular flexibility index (Phi) is 6.48. The van der Waals surface area contributed by atoms with E-state index in [1.54, 1.807) is 38.4 Å². The molecule has 2 aromatic carbocycles. The molecule has 0 radical (unpaired) electrons. The number of nitrogens with one attached hydrogen (secondary N) is 1. The highest BCUT2D eigenvalue weighted by molar-refractivity contribution is 6.08. The van der Waals surface area contributed by atoms with Crippen LogP contribution < -0.4 is 26.1 Å². The molecule has 1 aromatic heterocycles. The standard InChI is InChI=1S/C23H28N4O4/c1-6-27(7-2)17-14-19-18(25(4)22(29)23(30)26(19)5)13-16(17)24-21(28)15-11-9-10-12-20(15)31-8-3/h9-14H,6-8H2,1-5H3,(H,24,28). The van der Waals surface area contributed by atoms with Crippen molar-refractivity contribution in [2.75, 3.05) is 29.9 Å². The fraction of sp³-hybridized carbons (Fsp3) is 0.348. The highest BCUT2D eigenvalue weighted by Gasteiger charge is 2.19. The number of nitrogens with zero attached hydrogens (tertiary/aromatic N) is 3. The van der Waals surface area contributed by atoms with Crippen molar-refractivity contribution >= 4 is 28.3 Å². The van der Waals surface area contributed by atoms with Crippen molar-refractivity contribution in [1.82, 2.24) is 9.13 Å². The van der Waals surface area contributed by atoms with Gasteiger partial charge in [-0.3, -0.25) is 14.4 Å². The Morgan fingerprint density at radius 2 is 1.55 bits per heavy atom. The van der Waals surface area contributed by atoms with E-state index in [4.69, 9.17) is 4.74 Å². The van der Waals surface area contributed by atoms with Gasteiger partial charge in [-0.05, 0) is 45.0 Å². The van der Waals surface area contributed by atoms with Gasteiger partial charge >= 0.3 is 11.1 Å². The van der Waals surface area contributed by atoms with Gasteiger partial charge in [0.15, 0.2) is 0 Å². The molecule has 0 fully saturated rings. The SMILES string of the molecule is CCOc1ccccc1C(=O)Nc1cc2c(cc1N(CC)CC)n(C)c(=O)c(=O)n2C. The van der Waals surface area contributed by atoms with E-state index in [1.807, 2.05) is 32.9 Å². The first kappa shape index (κ1) is 22.1. The molecule has 0 aliphatic heterocycles. The van der Waals surface area contributed by atoms with Crippen LogP contribution in [0.3, 0.4) is 0 Å². The summed E-state index contributed by atoms with van der Waals surface area (Å²) in [5.74, 6) is 0.189. The molecule has 8 nitrogen and oxygen atoms in total. The molecule has 3 aromatic rings. The van der Waals surface area contributed by atoms with Crippen LogP contribution in [0.4, 0.5) is 11.4 Å². The highest BCUT2D eigenvalue weighted by atomic mass is 16.5. The number of ether oxygens (including phenoxy) is 1. The zero-order valence-corrected chi connectivity index (χ0v) is 18.6. The minimum atomic E-state index is -0.621. The molecule has 0 spiro atoms. The smallest absolute Gasteiger partial charge is 0.316 e. The Morgan fingerprint density at radius 1 is 0.968 bits per heavy atom. The molecule has 0 unspecified atom stereocenters. The minimum Gasteiger partial charge on any atom is -0.493 e. The zero-order valence-electron chi connectivity index (χ0n) is 18.6. The predicted molar refractivity (Wildman–Crippen MR) is 124 cm³/mol. The van der Waals surface area contributed by atoms with E-state index in [-0.39, 0.29) is 5.91 Å². The second-order valence-electron chi connectivity index (χ2n) is 7.14. The number of benzene rings is 2. The van der Waals surface area contributed by atoms with Crippen molar-refractivity contribution in [2.24, 2.45) is 14.1 Å². The Balaban J connectivity index is 2.21. The lowest BCUT2D eigenvalue weighted by Crippen LogP contribution is -2.39. The van der Waals surface area contributed by atoms with Crippen molar-refractivity contribution < 1.29 is 9.53 Å². The van der Waals surface area contributed by atoms with Crippen LogP contribution in [0.2, 0.25) is 0 Å². The van der Waals surface area contributed by atoms with Crippen molar-refractivity contribution in [1.29, 1.82) is 0 Å². The molecule has 0 bridgehead atoms. The first-order valence-corrected chi connectivity index (χ1v) is 10.4. The van der Waals surface area contributed by atoms with E-state index in [0.29, 0.717) is 47.7 Å². The first-order chi connectivity index (χ1) is 14.8. The monoisotopic (exact) mass is 424 g/mol. The quantitative estimate of drug-likeness (QED) is 0.590. The number of fused-ring (bicyclic) bond motifs is 1. The number of rotatable bonds is 7. The number of anilines is 2. The van der Waals surface area contributed by atoms with Crippen LogP contribution in [0.15, 0.2) is 46.0 Å². The van der Waals surface area contributed by atoms with Crippen molar-refractivity contribution in [2.45, 2.75) is 20.8 Å². The maximum atomic E-state index is 13.1. The first-order valence-electron chi connectivity index (χ1n) is 10.4. The van der Waals surface area contributed by atoms with Gasteiger partial charge in [-0.1, -0.05) is 12.1 Å². The van der Waals surface area contributed by atoms with Gasteiger partial charge in [0.05, 0.1) is 34.6 Å². The van der Waals surface area contributed by atoms with E-state index < -0.39 is 11.1 Å². The predicted octanol–water partition coefficient (Wildman–Crippen LogP) is 2.73. The third-order valence-electron chi connectivity index (χ3n) is 5.39. The molecule has 8 heteroatoms. The number of aromatic nitrogens is 2. The van der Waals surface area contributed by atoms with Gasteiger partial charge in [0, 0.05) is 27.2 Å². The number of hydrogen-bond acceptors (Lipinski definition) is 5. The molecule has 0 aliphatic rings. The van der Waals surface area contributed by atoms with Gasteiger partial charge in [0.25, 0.3) is 5.91 Å². The van der Waals surface area contributed by atoms with Gasteiger partial charge in [-0.25, -0.2) is 0 Å². The van der Waals surface area contributed by atoms with Crippen molar-refractivity contribution in [3.63, 3.8) is 0 Å². The average molecular weight is 425 g/mol. The lowest BCUT2D eigenvalue weighted by atomic mass is 10.1. The number of amides is 1. The number of para-hydroxylation sites is 1. The van der Waals surface area contributed by atoms with Gasteiger partial charge in [0.1, 0.15) is 5.75 Å². The number of carbonyl (C=O) groups is 1. The van der Waals surface area contributed by atoms with Gasteiger partial charge in [0.2, 0.25) is 0 Å². The largest absolute Gasteiger partial charge is 0.493 e. The molecule has 0 atom stereocenters. The molecular weight excluding hydrogens is 396 g/mol. The zero-order chi connectivity index (χ0) is 22.7. The molecule has 1 heterocycles. The van der Waals surface area contributed by atoms with Crippen molar-refractivity contribution in [3.8, 4) is 5.75 Å². The Hall–Kier alpha value is -3.55. The van der Waals surface area contributed by atoms with E-state index in [0.717, 1.165) is 5.69 Å². The average Bonchev–Trinajstić information content (AvgIpc) is 2.78. The summed E-state index contributed by atoms with van der Waals surface area (Å²) in [5.41, 5.74) is 1.70. The topological polar surface area (TPSA) is 85.6 Å². The second kappa shape index (κ2) is 9.07. The molecule has 0 saturated heterocycles. The van der Waals surface area contributed by atoms with Crippen LogP contribution in [0.25, 0.3) is 11.0 Å². The highest BCUT2D eigenvalue weighted by Crippen LogP contribution is 2.31. The number of aryl methyl sites for hydroxylation is 2. The Bertz CT molecular complexity index is 1240. The Labute approximate surface area is 180 Å². The lowest BCUT2D eigenvalue weighted by Gasteiger charge is -2.26. The molecular formula is C23H28N4O4. The van der Waals surface area contributed by atoms with Gasteiger partial charge in [-0.15, -0.1) is 0 Å². The number of hydrogen-bond donors (Lipinski definition) is 1. The molecule has 0 aliphatic carbocycles. The molecule has 1 amide bonds. The van der Waals surface area contributed by atoms with E-state index in [2.05, 4.69) is 10.2 Å². The van der Waals surface area contributed by atoms with Gasteiger partial charge in [-0.2, -0.15) is 0 Å². The normalized spacial score (nSPS) is 10.9. The van der Waals surface area contributed by atoms with Gasteiger partial charge < -0.3 is 24.1 Å². The summed E-state index contributed by atoms with van der Waals surface area (Å²) in [6.07, 6.45) is 0. The van der Waals surface area contributed by atoms with Crippen LogP contribution >= 0.6 is 0 Å². The van der Waals surface area contributed by atoms with Crippen molar-refractivity contribution in [3.05, 3.63) is 62.7 Å². The fourth-order valence-corrected chi connectivity index (χ4v) is 3.66. The fourth-order valence-electron chi connectivity index (χ4n) is 3.66. The summed E-state index contributed by atoms with van der Waals surface area (Å²) in [6, 6.07) is 10.6. The summed E-state index contributed by atoms with van der Waals surface area (Å²) in [6.45, 7) is 7.76. The maximum Gasteiger partial charge on any atom is 0.316 e. The summed E-state index contributed by atoms with van der Waals surface area (Å²) in [5, 5.41) is 2.98. The van der Waals surface area contributed by atoms with Crippen LogP contribution in [0.5, 0.6) is 5.75 Å². The molecule has 3 rings (SSSR count).